The molecule has 0 spiro atoms. The quantitative estimate of drug-likeness (QED) is 0.768. The summed E-state index contributed by atoms with van der Waals surface area (Å²) in [5.41, 5.74) is 0. The van der Waals surface area contributed by atoms with Gasteiger partial charge in [-0.1, -0.05) is 0 Å². The van der Waals surface area contributed by atoms with E-state index in [0.717, 1.165) is 4.90 Å². The number of aromatic nitrogens is 2. The van der Waals surface area contributed by atoms with Crippen LogP contribution >= 0.6 is 0 Å². The summed E-state index contributed by atoms with van der Waals surface area (Å²) >= 11 is 0. The molecule has 5 nitrogen and oxygen atoms in total. The van der Waals surface area contributed by atoms with Gasteiger partial charge in [0.1, 0.15) is 6.17 Å². The van der Waals surface area contributed by atoms with Crippen LogP contribution in [0, 0.1) is 0 Å². The Balaban J connectivity index is 2.26. The first-order valence-corrected chi connectivity index (χ1v) is 4.83. The molecule has 0 aliphatic carbocycles. The van der Waals surface area contributed by atoms with Crippen LogP contribution in [-0.4, -0.2) is 38.6 Å². The Morgan fingerprint density at radius 1 is 1.60 bits per heavy atom. The first-order valence-electron chi connectivity index (χ1n) is 4.83. The Labute approximate surface area is 86.1 Å². The zero-order valence-electron chi connectivity index (χ0n) is 8.08. The number of hydrogen-bond acceptors (Lipinski definition) is 2. The van der Waals surface area contributed by atoms with Crippen molar-refractivity contribution in [2.75, 3.05) is 6.54 Å². The van der Waals surface area contributed by atoms with Crippen molar-refractivity contribution in [3.05, 3.63) is 18.5 Å². The number of likely N-dealkylation sites (tertiary alicyclic amines) is 1. The van der Waals surface area contributed by atoms with Crippen molar-refractivity contribution in [1.82, 2.24) is 14.7 Å². The van der Waals surface area contributed by atoms with E-state index in [1.807, 2.05) is 0 Å². The predicted molar refractivity (Wildman–Crippen MR) is 50.1 cm³/mol. The van der Waals surface area contributed by atoms with E-state index >= 15 is 0 Å². The lowest BCUT2D eigenvalue weighted by Gasteiger charge is -2.35. The fourth-order valence-corrected chi connectivity index (χ4v) is 1.89. The Kier molecular flexibility index (Phi) is 2.57. The standard InChI is InChI=1S/C9H12FN3O2/c10-7-3-1-5-12(9(14)15)8(7)13-6-2-4-11-13/h2,4,6-8H,1,3,5H2,(H,14,15). The number of piperidine rings is 1. The number of alkyl halides is 1. The maximum Gasteiger partial charge on any atom is 0.409 e. The minimum atomic E-state index is -1.19. The van der Waals surface area contributed by atoms with E-state index in [9.17, 15) is 9.18 Å². The third-order valence-corrected chi connectivity index (χ3v) is 2.56. The van der Waals surface area contributed by atoms with Gasteiger partial charge in [-0.05, 0) is 18.9 Å². The molecule has 0 aromatic carbocycles. The van der Waals surface area contributed by atoms with Gasteiger partial charge in [0.2, 0.25) is 0 Å². The summed E-state index contributed by atoms with van der Waals surface area (Å²) in [4.78, 5) is 12.0. The minimum absolute atomic E-state index is 0.361. The van der Waals surface area contributed by atoms with Crippen LogP contribution in [0.4, 0.5) is 9.18 Å². The van der Waals surface area contributed by atoms with Gasteiger partial charge in [0.25, 0.3) is 0 Å². The summed E-state index contributed by atoms with van der Waals surface area (Å²) < 4.78 is 15.0. The first kappa shape index (κ1) is 9.95. The first-order chi connectivity index (χ1) is 7.20. The van der Waals surface area contributed by atoms with Crippen molar-refractivity contribution in [3.63, 3.8) is 0 Å². The number of amides is 1. The van der Waals surface area contributed by atoms with Crippen LogP contribution < -0.4 is 0 Å². The molecule has 1 fully saturated rings. The molecule has 1 aliphatic heterocycles. The van der Waals surface area contributed by atoms with E-state index in [1.165, 1.54) is 10.9 Å². The molecule has 1 aromatic heterocycles. The highest BCUT2D eigenvalue weighted by atomic mass is 19.1. The minimum Gasteiger partial charge on any atom is -0.465 e. The van der Waals surface area contributed by atoms with Crippen molar-refractivity contribution in [3.8, 4) is 0 Å². The van der Waals surface area contributed by atoms with Crippen LogP contribution in [0.5, 0.6) is 0 Å². The van der Waals surface area contributed by atoms with Gasteiger partial charge in [0.15, 0.2) is 6.17 Å². The van der Waals surface area contributed by atoms with Crippen LogP contribution in [0.1, 0.15) is 19.0 Å². The summed E-state index contributed by atoms with van der Waals surface area (Å²) in [6.45, 7) is 0.361. The molecule has 15 heavy (non-hydrogen) atoms. The fourth-order valence-electron chi connectivity index (χ4n) is 1.89. The van der Waals surface area contributed by atoms with E-state index < -0.39 is 18.4 Å². The third kappa shape index (κ3) is 1.79. The van der Waals surface area contributed by atoms with Gasteiger partial charge >= 0.3 is 6.09 Å². The lowest BCUT2D eigenvalue weighted by Crippen LogP contribution is -2.46. The second-order valence-electron chi connectivity index (χ2n) is 3.53. The highest BCUT2D eigenvalue weighted by Gasteiger charge is 2.36. The molecule has 1 saturated heterocycles. The average molecular weight is 213 g/mol. The Morgan fingerprint density at radius 3 is 3.00 bits per heavy atom. The molecule has 2 heterocycles. The maximum absolute atomic E-state index is 13.7. The summed E-state index contributed by atoms with van der Waals surface area (Å²) in [6, 6.07) is 1.65. The van der Waals surface area contributed by atoms with Gasteiger partial charge in [-0.2, -0.15) is 5.10 Å². The van der Waals surface area contributed by atoms with Crippen molar-refractivity contribution in [2.24, 2.45) is 0 Å². The summed E-state index contributed by atoms with van der Waals surface area (Å²) in [7, 11) is 0. The normalized spacial score (nSPS) is 26.6. The van der Waals surface area contributed by atoms with Crippen molar-refractivity contribution >= 4 is 6.09 Å². The van der Waals surface area contributed by atoms with Gasteiger partial charge in [-0.3, -0.25) is 4.90 Å². The summed E-state index contributed by atoms with van der Waals surface area (Å²) in [6.07, 6.45) is 0.943. The Bertz CT molecular complexity index is 341. The van der Waals surface area contributed by atoms with Crippen LogP contribution in [0.25, 0.3) is 0 Å². The zero-order chi connectivity index (χ0) is 10.8. The van der Waals surface area contributed by atoms with Crippen LogP contribution in [0.3, 0.4) is 0 Å². The second-order valence-corrected chi connectivity index (χ2v) is 3.53. The van der Waals surface area contributed by atoms with Gasteiger partial charge < -0.3 is 5.11 Å². The topological polar surface area (TPSA) is 58.4 Å². The molecular weight excluding hydrogens is 201 g/mol. The molecule has 2 rings (SSSR count). The molecule has 0 saturated carbocycles. The number of halogens is 1. The molecule has 1 aromatic rings. The van der Waals surface area contributed by atoms with Crippen molar-refractivity contribution in [2.45, 2.75) is 25.2 Å². The highest BCUT2D eigenvalue weighted by Crippen LogP contribution is 2.28. The Morgan fingerprint density at radius 2 is 2.40 bits per heavy atom. The molecule has 1 amide bonds. The highest BCUT2D eigenvalue weighted by molar-refractivity contribution is 5.65. The second kappa shape index (κ2) is 3.88. The van der Waals surface area contributed by atoms with E-state index in [2.05, 4.69) is 5.10 Å². The van der Waals surface area contributed by atoms with Gasteiger partial charge in [0.05, 0.1) is 0 Å². The van der Waals surface area contributed by atoms with E-state index in [4.69, 9.17) is 5.11 Å². The molecule has 6 heteroatoms. The van der Waals surface area contributed by atoms with Crippen LogP contribution in [0.15, 0.2) is 18.5 Å². The smallest absolute Gasteiger partial charge is 0.409 e. The molecule has 2 unspecified atom stereocenters. The van der Waals surface area contributed by atoms with E-state index in [1.54, 1.807) is 12.3 Å². The van der Waals surface area contributed by atoms with Gasteiger partial charge in [-0.15, -0.1) is 0 Å². The average Bonchev–Trinajstić information content (AvgIpc) is 2.70. The van der Waals surface area contributed by atoms with Crippen LogP contribution in [-0.2, 0) is 0 Å². The summed E-state index contributed by atoms with van der Waals surface area (Å²) in [5, 5.41) is 12.8. The van der Waals surface area contributed by atoms with Gasteiger partial charge in [0, 0.05) is 18.9 Å². The maximum atomic E-state index is 13.7. The van der Waals surface area contributed by atoms with Crippen LogP contribution in [0.2, 0.25) is 0 Å². The molecule has 82 valence electrons. The summed E-state index contributed by atoms with van der Waals surface area (Å²) in [5.74, 6) is 0. The van der Waals surface area contributed by atoms with Crippen molar-refractivity contribution < 1.29 is 14.3 Å². The SMILES string of the molecule is O=C(O)N1CCCC(F)C1n1cccn1. The monoisotopic (exact) mass is 213 g/mol. The molecule has 0 radical (unpaired) electrons. The van der Waals surface area contributed by atoms with Crippen molar-refractivity contribution in [1.29, 1.82) is 0 Å². The number of carboxylic acid groups (broad SMARTS) is 1. The largest absolute Gasteiger partial charge is 0.465 e. The van der Waals surface area contributed by atoms with E-state index in [-0.39, 0.29) is 0 Å². The van der Waals surface area contributed by atoms with E-state index in [0.29, 0.717) is 19.4 Å². The number of nitrogens with zero attached hydrogens (tertiary/aromatic N) is 3. The number of carbonyl (C=O) groups is 1. The van der Waals surface area contributed by atoms with Gasteiger partial charge in [-0.25, -0.2) is 13.9 Å². The zero-order valence-corrected chi connectivity index (χ0v) is 8.08. The molecule has 0 bridgehead atoms. The lowest BCUT2D eigenvalue weighted by molar-refractivity contribution is 0.0185. The number of rotatable bonds is 1. The molecule has 1 aliphatic rings. The fraction of sp³-hybridized carbons (Fsp3) is 0.556. The molecule has 1 N–H and O–H groups in total. The molecular formula is C9H12FN3O2. The lowest BCUT2D eigenvalue weighted by atomic mass is 10.1. The molecule has 2 atom stereocenters. The number of hydrogen-bond donors (Lipinski definition) is 1. The third-order valence-electron chi connectivity index (χ3n) is 2.56. The predicted octanol–water partition coefficient (Wildman–Crippen LogP) is 1.49. The Hall–Kier alpha value is -1.59.